The molecule has 118 valence electrons. The van der Waals surface area contributed by atoms with Gasteiger partial charge in [-0.05, 0) is 74.4 Å². The molecule has 2 heteroatoms. The maximum atomic E-state index is 3.48. The summed E-state index contributed by atoms with van der Waals surface area (Å²) in [5.74, 6) is 0. The van der Waals surface area contributed by atoms with Gasteiger partial charge in [0.25, 0.3) is 0 Å². The van der Waals surface area contributed by atoms with Crippen LogP contribution in [0.1, 0.15) is 59.2 Å². The molecule has 0 aromatic heterocycles. The Labute approximate surface area is 130 Å². The van der Waals surface area contributed by atoms with Crippen molar-refractivity contribution in [3.8, 4) is 0 Å². The molecule has 1 aromatic carbocycles. The molecule has 0 amide bonds. The summed E-state index contributed by atoms with van der Waals surface area (Å²) in [5.41, 5.74) is 9.11. The lowest BCUT2D eigenvalue weighted by molar-refractivity contribution is 0.163. The van der Waals surface area contributed by atoms with Crippen molar-refractivity contribution in [3.63, 3.8) is 0 Å². The summed E-state index contributed by atoms with van der Waals surface area (Å²) in [6, 6.07) is 0.593. The van der Waals surface area contributed by atoms with Crippen molar-refractivity contribution in [2.24, 2.45) is 0 Å². The Bertz CT molecular complexity index is 470. The van der Waals surface area contributed by atoms with Gasteiger partial charge < -0.3 is 5.32 Å². The fourth-order valence-corrected chi connectivity index (χ4v) is 3.81. The summed E-state index contributed by atoms with van der Waals surface area (Å²) in [6.45, 7) is 18.4. The molecule has 1 aromatic rings. The minimum absolute atomic E-state index is 0.593. The molecule has 1 fully saturated rings. The quantitative estimate of drug-likeness (QED) is 0.901. The van der Waals surface area contributed by atoms with Crippen molar-refractivity contribution in [1.29, 1.82) is 0 Å². The van der Waals surface area contributed by atoms with Gasteiger partial charge in [-0.15, -0.1) is 0 Å². The summed E-state index contributed by atoms with van der Waals surface area (Å²) in [5, 5.41) is 3.48. The van der Waals surface area contributed by atoms with Crippen LogP contribution >= 0.6 is 0 Å². The third kappa shape index (κ3) is 3.17. The average Bonchev–Trinajstić information content (AvgIpc) is 2.51. The van der Waals surface area contributed by atoms with E-state index in [0.717, 1.165) is 13.1 Å². The predicted octanol–water partition coefficient (Wildman–Crippen LogP) is 3.98. The summed E-state index contributed by atoms with van der Waals surface area (Å²) in [4.78, 5) is 2.70. The van der Waals surface area contributed by atoms with Gasteiger partial charge in [-0.3, -0.25) is 4.90 Å². The molecule has 21 heavy (non-hydrogen) atoms. The molecule has 2 rings (SSSR count). The van der Waals surface area contributed by atoms with Crippen molar-refractivity contribution >= 4 is 0 Å². The standard InChI is InChI=1S/C19H32N2/c1-7-8-18(21-11-9-20-10-12-21)19-16(5)14(3)13(2)15(4)17(19)6/h18,20H,7-12H2,1-6H3/t18-/m1/s1. The largest absolute Gasteiger partial charge is 0.314 e. The van der Waals surface area contributed by atoms with E-state index < -0.39 is 0 Å². The predicted molar refractivity (Wildman–Crippen MR) is 92.2 cm³/mol. The highest BCUT2D eigenvalue weighted by atomic mass is 15.2. The topological polar surface area (TPSA) is 15.3 Å². The highest BCUT2D eigenvalue weighted by molar-refractivity contribution is 5.50. The zero-order valence-electron chi connectivity index (χ0n) is 14.8. The van der Waals surface area contributed by atoms with E-state index in [-0.39, 0.29) is 0 Å². The lowest BCUT2D eigenvalue weighted by Crippen LogP contribution is -2.45. The number of hydrogen-bond donors (Lipinski definition) is 1. The van der Waals surface area contributed by atoms with Gasteiger partial charge >= 0.3 is 0 Å². The second-order valence-corrected chi connectivity index (χ2v) is 6.63. The van der Waals surface area contributed by atoms with Crippen molar-refractivity contribution in [2.45, 2.75) is 60.4 Å². The maximum Gasteiger partial charge on any atom is 0.0354 e. The van der Waals surface area contributed by atoms with Crippen LogP contribution in [0.3, 0.4) is 0 Å². The molecule has 0 aliphatic carbocycles. The molecular weight excluding hydrogens is 256 g/mol. The highest BCUT2D eigenvalue weighted by Gasteiger charge is 2.26. The summed E-state index contributed by atoms with van der Waals surface area (Å²) in [7, 11) is 0. The zero-order valence-corrected chi connectivity index (χ0v) is 14.8. The molecule has 2 nitrogen and oxygen atoms in total. The third-order valence-electron chi connectivity index (χ3n) is 5.55. The first-order chi connectivity index (χ1) is 9.99. The second-order valence-electron chi connectivity index (χ2n) is 6.63. The molecule has 1 N–H and O–H groups in total. The lowest BCUT2D eigenvalue weighted by atomic mass is 9.84. The molecule has 0 saturated carbocycles. The van der Waals surface area contributed by atoms with E-state index in [0.29, 0.717) is 6.04 Å². The number of piperazine rings is 1. The fourth-order valence-electron chi connectivity index (χ4n) is 3.81. The first kappa shape index (κ1) is 16.5. The van der Waals surface area contributed by atoms with Crippen molar-refractivity contribution in [3.05, 3.63) is 33.4 Å². The number of rotatable bonds is 4. The fraction of sp³-hybridized carbons (Fsp3) is 0.684. The minimum atomic E-state index is 0.593. The number of nitrogens with zero attached hydrogens (tertiary/aromatic N) is 1. The van der Waals surface area contributed by atoms with Gasteiger partial charge in [0.1, 0.15) is 0 Å². The highest BCUT2D eigenvalue weighted by Crippen LogP contribution is 2.35. The van der Waals surface area contributed by atoms with Crippen molar-refractivity contribution in [2.75, 3.05) is 26.2 Å². The van der Waals surface area contributed by atoms with E-state index in [4.69, 9.17) is 0 Å². The van der Waals surface area contributed by atoms with Crippen LogP contribution in [0.15, 0.2) is 0 Å². The minimum Gasteiger partial charge on any atom is -0.314 e. The first-order valence-corrected chi connectivity index (χ1v) is 8.50. The van der Waals surface area contributed by atoms with E-state index in [1.54, 1.807) is 5.56 Å². The van der Waals surface area contributed by atoms with Crippen LogP contribution in [-0.2, 0) is 0 Å². The Morgan fingerprint density at radius 3 is 1.81 bits per heavy atom. The Morgan fingerprint density at radius 2 is 1.33 bits per heavy atom. The summed E-state index contributed by atoms with van der Waals surface area (Å²) in [6.07, 6.45) is 2.52. The number of benzene rings is 1. The van der Waals surface area contributed by atoms with Gasteiger partial charge in [0.15, 0.2) is 0 Å². The zero-order chi connectivity index (χ0) is 15.6. The van der Waals surface area contributed by atoms with Gasteiger partial charge in [-0.1, -0.05) is 13.3 Å². The normalized spacial score (nSPS) is 18.0. The van der Waals surface area contributed by atoms with Gasteiger partial charge in [0.2, 0.25) is 0 Å². The monoisotopic (exact) mass is 288 g/mol. The molecule has 1 aliphatic rings. The maximum absolute atomic E-state index is 3.48. The van der Waals surface area contributed by atoms with E-state index in [1.807, 2.05) is 0 Å². The molecular formula is C19H32N2. The smallest absolute Gasteiger partial charge is 0.0354 e. The van der Waals surface area contributed by atoms with Crippen LogP contribution in [-0.4, -0.2) is 31.1 Å². The molecule has 0 spiro atoms. The van der Waals surface area contributed by atoms with Gasteiger partial charge in [0.05, 0.1) is 0 Å². The molecule has 1 atom stereocenters. The Balaban J connectivity index is 2.49. The Kier molecular flexibility index (Phi) is 5.45. The van der Waals surface area contributed by atoms with Crippen molar-refractivity contribution in [1.82, 2.24) is 10.2 Å². The lowest BCUT2D eigenvalue weighted by Gasteiger charge is -2.37. The van der Waals surface area contributed by atoms with Gasteiger partial charge in [-0.25, -0.2) is 0 Å². The molecule has 0 radical (unpaired) electrons. The third-order valence-corrected chi connectivity index (χ3v) is 5.55. The van der Waals surface area contributed by atoms with Crippen LogP contribution in [0, 0.1) is 34.6 Å². The van der Waals surface area contributed by atoms with Gasteiger partial charge in [-0.2, -0.15) is 0 Å². The number of hydrogen-bond acceptors (Lipinski definition) is 2. The molecule has 1 aliphatic heterocycles. The van der Waals surface area contributed by atoms with Crippen LogP contribution in [0.5, 0.6) is 0 Å². The second kappa shape index (κ2) is 6.93. The van der Waals surface area contributed by atoms with E-state index in [1.165, 1.54) is 53.7 Å². The Morgan fingerprint density at radius 1 is 0.857 bits per heavy atom. The molecule has 1 heterocycles. The molecule has 1 saturated heterocycles. The summed E-state index contributed by atoms with van der Waals surface area (Å²) < 4.78 is 0. The van der Waals surface area contributed by atoms with E-state index >= 15 is 0 Å². The van der Waals surface area contributed by atoms with E-state index in [2.05, 4.69) is 51.8 Å². The van der Waals surface area contributed by atoms with Crippen molar-refractivity contribution < 1.29 is 0 Å². The van der Waals surface area contributed by atoms with Crippen LogP contribution in [0.4, 0.5) is 0 Å². The van der Waals surface area contributed by atoms with Crippen LogP contribution in [0.2, 0.25) is 0 Å². The molecule has 0 unspecified atom stereocenters. The van der Waals surface area contributed by atoms with E-state index in [9.17, 15) is 0 Å². The first-order valence-electron chi connectivity index (χ1n) is 8.50. The SMILES string of the molecule is CCC[C@H](c1c(C)c(C)c(C)c(C)c1C)N1CCNCC1. The molecule has 0 bridgehead atoms. The summed E-state index contributed by atoms with van der Waals surface area (Å²) >= 11 is 0. The number of nitrogens with one attached hydrogen (secondary N) is 1. The van der Waals surface area contributed by atoms with Crippen LogP contribution < -0.4 is 5.32 Å². The Hall–Kier alpha value is -0.860. The van der Waals surface area contributed by atoms with Crippen LogP contribution in [0.25, 0.3) is 0 Å². The average molecular weight is 288 g/mol. The van der Waals surface area contributed by atoms with Gasteiger partial charge in [0, 0.05) is 32.2 Å².